The predicted molar refractivity (Wildman–Crippen MR) is 61.1 cm³/mol. The Morgan fingerprint density at radius 1 is 1.43 bits per heavy atom. The molecular weight excluding hydrogens is 194 g/mol. The molecule has 0 saturated carbocycles. The van der Waals surface area contributed by atoms with E-state index < -0.39 is 0 Å². The molecule has 2 unspecified atom stereocenters. The Balaban J connectivity index is 2.10. The van der Waals surface area contributed by atoms with Crippen molar-refractivity contribution in [1.82, 2.24) is 10.3 Å². The van der Waals surface area contributed by atoms with Crippen LogP contribution in [0.1, 0.15) is 19.5 Å². The molecule has 2 atom stereocenters. The molecule has 0 spiro atoms. The van der Waals surface area contributed by atoms with Gasteiger partial charge < -0.3 is 10.2 Å². The molecule has 1 aromatic rings. The number of hydrogen-bond donors (Lipinski definition) is 1. The fraction of sp³-hybridized carbons (Fsp3) is 0.700. The fourth-order valence-electron chi connectivity index (χ4n) is 1.97. The first-order valence-corrected chi connectivity index (χ1v) is 5.96. The van der Waals surface area contributed by atoms with Crippen molar-refractivity contribution in [2.24, 2.45) is 0 Å². The van der Waals surface area contributed by atoms with Gasteiger partial charge in [-0.25, -0.2) is 4.98 Å². The van der Waals surface area contributed by atoms with E-state index in [0.29, 0.717) is 12.1 Å². The zero-order valence-electron chi connectivity index (χ0n) is 8.95. The number of anilines is 1. The van der Waals surface area contributed by atoms with Gasteiger partial charge >= 0.3 is 0 Å². The van der Waals surface area contributed by atoms with Crippen LogP contribution in [0.15, 0.2) is 5.38 Å². The van der Waals surface area contributed by atoms with Crippen molar-refractivity contribution < 1.29 is 0 Å². The van der Waals surface area contributed by atoms with E-state index in [1.165, 1.54) is 5.13 Å². The van der Waals surface area contributed by atoms with Crippen LogP contribution >= 0.6 is 11.3 Å². The van der Waals surface area contributed by atoms with Gasteiger partial charge in [0.2, 0.25) is 0 Å². The molecule has 1 fully saturated rings. The minimum absolute atomic E-state index is 0.558. The van der Waals surface area contributed by atoms with E-state index in [-0.39, 0.29) is 0 Å². The highest BCUT2D eigenvalue weighted by molar-refractivity contribution is 7.13. The van der Waals surface area contributed by atoms with Crippen LogP contribution in [0.4, 0.5) is 5.13 Å². The van der Waals surface area contributed by atoms with Gasteiger partial charge in [-0.05, 0) is 20.8 Å². The maximum Gasteiger partial charge on any atom is 0.185 e. The first-order chi connectivity index (χ1) is 6.65. The zero-order valence-corrected chi connectivity index (χ0v) is 9.77. The summed E-state index contributed by atoms with van der Waals surface area (Å²) in [5.41, 5.74) is 1.13. The van der Waals surface area contributed by atoms with Crippen LogP contribution in [0.5, 0.6) is 0 Å². The highest BCUT2D eigenvalue weighted by atomic mass is 32.1. The van der Waals surface area contributed by atoms with Crippen LogP contribution in [0.3, 0.4) is 0 Å². The third-order valence-electron chi connectivity index (χ3n) is 2.43. The Bertz CT molecular complexity index is 300. The van der Waals surface area contributed by atoms with Crippen LogP contribution in [-0.2, 0) is 0 Å². The predicted octanol–water partition coefficient (Wildman–Crippen LogP) is 1.64. The number of aryl methyl sites for hydroxylation is 1. The molecule has 1 saturated heterocycles. The normalized spacial score (nSPS) is 28.1. The molecule has 1 N–H and O–H groups in total. The summed E-state index contributed by atoms with van der Waals surface area (Å²) in [5, 5.41) is 6.81. The van der Waals surface area contributed by atoms with Gasteiger partial charge in [0.15, 0.2) is 5.13 Å². The van der Waals surface area contributed by atoms with Crippen LogP contribution in [0.25, 0.3) is 0 Å². The smallest absolute Gasteiger partial charge is 0.185 e. The average molecular weight is 211 g/mol. The van der Waals surface area contributed by atoms with Crippen LogP contribution in [-0.4, -0.2) is 30.2 Å². The maximum absolute atomic E-state index is 4.52. The second-order valence-corrected chi connectivity index (χ2v) is 4.98. The van der Waals surface area contributed by atoms with E-state index in [9.17, 15) is 0 Å². The van der Waals surface area contributed by atoms with Crippen molar-refractivity contribution in [3.8, 4) is 0 Å². The minimum Gasteiger partial charge on any atom is -0.345 e. The molecule has 78 valence electrons. The summed E-state index contributed by atoms with van der Waals surface area (Å²) in [5.74, 6) is 0. The molecule has 0 radical (unpaired) electrons. The molecule has 4 heteroatoms. The number of nitrogens with one attached hydrogen (secondary N) is 1. The zero-order chi connectivity index (χ0) is 10.1. The van der Waals surface area contributed by atoms with Crippen molar-refractivity contribution in [3.63, 3.8) is 0 Å². The first kappa shape index (κ1) is 9.93. The average Bonchev–Trinajstić information content (AvgIpc) is 2.50. The van der Waals surface area contributed by atoms with Gasteiger partial charge in [-0.15, -0.1) is 11.3 Å². The largest absolute Gasteiger partial charge is 0.345 e. The van der Waals surface area contributed by atoms with E-state index in [0.717, 1.165) is 18.8 Å². The lowest BCUT2D eigenvalue weighted by atomic mass is 10.2. The lowest BCUT2D eigenvalue weighted by Crippen LogP contribution is -2.54. The Hall–Kier alpha value is -0.610. The molecule has 2 heterocycles. The Kier molecular flexibility index (Phi) is 2.74. The van der Waals surface area contributed by atoms with Crippen LogP contribution < -0.4 is 10.2 Å². The van der Waals surface area contributed by atoms with Gasteiger partial charge in [-0.3, -0.25) is 0 Å². The van der Waals surface area contributed by atoms with E-state index in [1.807, 2.05) is 0 Å². The number of thiazole rings is 1. The van der Waals surface area contributed by atoms with E-state index in [4.69, 9.17) is 0 Å². The number of nitrogens with zero attached hydrogens (tertiary/aromatic N) is 2. The summed E-state index contributed by atoms with van der Waals surface area (Å²) >= 11 is 1.75. The summed E-state index contributed by atoms with van der Waals surface area (Å²) in [4.78, 5) is 6.90. The number of hydrogen-bond acceptors (Lipinski definition) is 4. The monoisotopic (exact) mass is 211 g/mol. The van der Waals surface area contributed by atoms with E-state index in [2.05, 4.69) is 41.4 Å². The van der Waals surface area contributed by atoms with E-state index >= 15 is 0 Å². The molecule has 1 aliphatic rings. The number of piperazine rings is 1. The third-order valence-corrected chi connectivity index (χ3v) is 3.45. The lowest BCUT2D eigenvalue weighted by molar-refractivity contribution is 0.406. The van der Waals surface area contributed by atoms with Gasteiger partial charge in [-0.1, -0.05) is 0 Å². The lowest BCUT2D eigenvalue weighted by Gasteiger charge is -2.35. The summed E-state index contributed by atoms with van der Waals surface area (Å²) in [6.07, 6.45) is 0. The van der Waals surface area contributed by atoms with Crippen molar-refractivity contribution in [3.05, 3.63) is 11.1 Å². The summed E-state index contributed by atoms with van der Waals surface area (Å²) in [7, 11) is 0. The molecule has 14 heavy (non-hydrogen) atoms. The van der Waals surface area contributed by atoms with Gasteiger partial charge in [-0.2, -0.15) is 0 Å². The number of aromatic nitrogens is 1. The summed E-state index contributed by atoms with van der Waals surface area (Å²) < 4.78 is 0. The number of rotatable bonds is 1. The van der Waals surface area contributed by atoms with Crippen molar-refractivity contribution in [2.75, 3.05) is 18.0 Å². The second-order valence-electron chi connectivity index (χ2n) is 4.15. The van der Waals surface area contributed by atoms with Gasteiger partial charge in [0.05, 0.1) is 5.69 Å². The van der Waals surface area contributed by atoms with Crippen molar-refractivity contribution in [1.29, 1.82) is 0 Å². The van der Waals surface area contributed by atoms with Crippen LogP contribution in [0.2, 0.25) is 0 Å². The SMILES string of the molecule is Cc1csc(N2CC(C)NC(C)C2)n1. The molecule has 0 aliphatic carbocycles. The molecule has 3 nitrogen and oxygen atoms in total. The van der Waals surface area contributed by atoms with Gasteiger partial charge in [0, 0.05) is 30.6 Å². The van der Waals surface area contributed by atoms with Gasteiger partial charge in [0.1, 0.15) is 0 Å². The van der Waals surface area contributed by atoms with E-state index in [1.54, 1.807) is 11.3 Å². The van der Waals surface area contributed by atoms with Gasteiger partial charge in [0.25, 0.3) is 0 Å². The summed E-state index contributed by atoms with van der Waals surface area (Å²) in [6.45, 7) is 8.63. The minimum atomic E-state index is 0.558. The molecule has 0 aromatic carbocycles. The molecular formula is C10H17N3S. The molecule has 2 rings (SSSR count). The third kappa shape index (κ3) is 2.07. The summed E-state index contributed by atoms with van der Waals surface area (Å²) in [6, 6.07) is 1.12. The molecule has 0 amide bonds. The van der Waals surface area contributed by atoms with Crippen molar-refractivity contribution in [2.45, 2.75) is 32.9 Å². The highest BCUT2D eigenvalue weighted by Crippen LogP contribution is 2.22. The Morgan fingerprint density at radius 3 is 2.57 bits per heavy atom. The Labute approximate surface area is 89.1 Å². The topological polar surface area (TPSA) is 28.2 Å². The molecule has 1 aliphatic heterocycles. The molecule has 1 aromatic heterocycles. The Morgan fingerprint density at radius 2 is 2.07 bits per heavy atom. The fourth-order valence-corrected chi connectivity index (χ4v) is 2.79. The molecule has 0 bridgehead atoms. The highest BCUT2D eigenvalue weighted by Gasteiger charge is 2.22. The first-order valence-electron chi connectivity index (χ1n) is 5.08. The quantitative estimate of drug-likeness (QED) is 0.765. The van der Waals surface area contributed by atoms with Crippen LogP contribution in [0, 0.1) is 6.92 Å². The van der Waals surface area contributed by atoms with Crippen molar-refractivity contribution >= 4 is 16.5 Å². The standard InChI is InChI=1S/C10H17N3S/c1-7-4-13(5-8(2)11-7)10-12-9(3)6-14-10/h6-8,11H,4-5H2,1-3H3. The second kappa shape index (κ2) is 3.87. The maximum atomic E-state index is 4.52.